The molecule has 1 aromatic heterocycles. The molecule has 0 atom stereocenters. The maximum absolute atomic E-state index is 12.9. The van der Waals surface area contributed by atoms with E-state index >= 15 is 0 Å². The fourth-order valence-electron chi connectivity index (χ4n) is 1.11. The number of aromatic nitrogens is 1. The molecule has 0 bridgehead atoms. The Morgan fingerprint density at radius 2 is 2.31 bits per heavy atom. The second-order valence-electron chi connectivity index (χ2n) is 3.03. The smallest absolute Gasteiger partial charge is 0.180 e. The average molecular weight is 259 g/mol. The van der Waals surface area contributed by atoms with Crippen LogP contribution in [0.2, 0.25) is 5.02 Å². The highest BCUT2D eigenvalue weighted by Crippen LogP contribution is 2.23. The summed E-state index contributed by atoms with van der Waals surface area (Å²) in [5.74, 6) is 0.0504. The predicted molar refractivity (Wildman–Crippen MR) is 62.3 cm³/mol. The van der Waals surface area contributed by atoms with Crippen LogP contribution in [0.4, 0.5) is 9.52 Å². The van der Waals surface area contributed by atoms with E-state index in [1.54, 1.807) is 6.20 Å². The highest BCUT2D eigenvalue weighted by Gasteiger charge is 2.03. The van der Waals surface area contributed by atoms with Crippen molar-refractivity contribution in [1.82, 2.24) is 4.98 Å². The Balaban J connectivity index is 2.02. The van der Waals surface area contributed by atoms with E-state index in [1.165, 1.54) is 29.5 Å². The number of nitrogens with two attached hydrogens (primary N) is 1. The van der Waals surface area contributed by atoms with E-state index < -0.39 is 5.82 Å². The Kier molecular flexibility index (Phi) is 3.26. The first-order valence-corrected chi connectivity index (χ1v) is 5.62. The molecule has 0 radical (unpaired) electrons. The van der Waals surface area contributed by atoms with Gasteiger partial charge in [0.1, 0.15) is 18.2 Å². The molecule has 0 saturated heterocycles. The van der Waals surface area contributed by atoms with Crippen molar-refractivity contribution in [2.45, 2.75) is 6.61 Å². The zero-order chi connectivity index (χ0) is 11.5. The summed E-state index contributed by atoms with van der Waals surface area (Å²) < 4.78 is 18.3. The molecule has 2 rings (SSSR count). The van der Waals surface area contributed by atoms with E-state index in [2.05, 4.69) is 4.98 Å². The molecule has 84 valence electrons. The Morgan fingerprint density at radius 3 is 2.94 bits per heavy atom. The molecule has 1 heterocycles. The number of hydrogen-bond acceptors (Lipinski definition) is 4. The van der Waals surface area contributed by atoms with Crippen molar-refractivity contribution in [3.05, 3.63) is 40.1 Å². The Labute approximate surface area is 101 Å². The van der Waals surface area contributed by atoms with Gasteiger partial charge < -0.3 is 10.5 Å². The number of thiazole rings is 1. The van der Waals surface area contributed by atoms with Gasteiger partial charge in [-0.05, 0) is 12.1 Å². The molecule has 0 saturated carbocycles. The van der Waals surface area contributed by atoms with Crippen LogP contribution in [0.3, 0.4) is 0 Å². The highest BCUT2D eigenvalue weighted by molar-refractivity contribution is 7.15. The molecule has 0 fully saturated rings. The second-order valence-corrected chi connectivity index (χ2v) is 4.58. The van der Waals surface area contributed by atoms with E-state index in [0.717, 1.165) is 4.88 Å². The third-order valence-electron chi connectivity index (χ3n) is 1.84. The van der Waals surface area contributed by atoms with E-state index in [4.69, 9.17) is 22.1 Å². The Hall–Kier alpha value is -1.33. The molecule has 16 heavy (non-hydrogen) atoms. The van der Waals surface area contributed by atoms with Crippen molar-refractivity contribution in [3.63, 3.8) is 0 Å². The fourth-order valence-corrected chi connectivity index (χ4v) is 1.88. The topological polar surface area (TPSA) is 48.1 Å². The first kappa shape index (κ1) is 11.2. The number of rotatable bonds is 3. The summed E-state index contributed by atoms with van der Waals surface area (Å²) >= 11 is 6.96. The van der Waals surface area contributed by atoms with Gasteiger partial charge in [0, 0.05) is 12.3 Å². The van der Waals surface area contributed by atoms with Crippen LogP contribution in [0.25, 0.3) is 0 Å². The summed E-state index contributed by atoms with van der Waals surface area (Å²) in [5.41, 5.74) is 5.47. The number of ether oxygens (including phenoxy) is 1. The third-order valence-corrected chi connectivity index (χ3v) is 2.93. The lowest BCUT2D eigenvalue weighted by Crippen LogP contribution is -1.93. The van der Waals surface area contributed by atoms with Gasteiger partial charge in [0.15, 0.2) is 5.13 Å². The van der Waals surface area contributed by atoms with Gasteiger partial charge in [0.2, 0.25) is 0 Å². The third kappa shape index (κ3) is 2.62. The minimum Gasteiger partial charge on any atom is -0.488 e. The van der Waals surface area contributed by atoms with Crippen molar-refractivity contribution in [3.8, 4) is 5.75 Å². The van der Waals surface area contributed by atoms with Gasteiger partial charge in [0.05, 0.1) is 9.90 Å². The molecule has 2 aromatic rings. The molecule has 0 unspecified atom stereocenters. The van der Waals surface area contributed by atoms with Crippen molar-refractivity contribution in [2.75, 3.05) is 5.73 Å². The van der Waals surface area contributed by atoms with Crippen LogP contribution in [0, 0.1) is 5.82 Å². The number of nitrogens with zero attached hydrogens (tertiary/aromatic N) is 1. The van der Waals surface area contributed by atoms with Crippen molar-refractivity contribution >= 4 is 28.1 Å². The Bertz CT molecular complexity index is 503. The minimum atomic E-state index is -0.462. The lowest BCUT2D eigenvalue weighted by atomic mass is 10.3. The summed E-state index contributed by atoms with van der Waals surface area (Å²) in [4.78, 5) is 4.79. The zero-order valence-corrected chi connectivity index (χ0v) is 9.69. The molecule has 0 aliphatic carbocycles. The lowest BCUT2D eigenvalue weighted by molar-refractivity contribution is 0.309. The van der Waals surface area contributed by atoms with Crippen LogP contribution in [0.1, 0.15) is 4.88 Å². The lowest BCUT2D eigenvalue weighted by Gasteiger charge is -2.04. The van der Waals surface area contributed by atoms with Crippen LogP contribution in [-0.4, -0.2) is 4.98 Å². The van der Waals surface area contributed by atoms with Gasteiger partial charge in [-0.3, -0.25) is 0 Å². The quantitative estimate of drug-likeness (QED) is 0.920. The standard InChI is InChI=1S/C10H8ClFN2OS/c11-8-3-6(1-2-9(8)12)15-5-7-4-14-10(13)16-7/h1-4H,5H2,(H2,13,14). The summed E-state index contributed by atoms with van der Waals surface area (Å²) in [6, 6.07) is 4.21. The monoisotopic (exact) mass is 258 g/mol. The minimum absolute atomic E-state index is 0.0429. The normalized spacial score (nSPS) is 10.4. The molecule has 1 aromatic carbocycles. The number of anilines is 1. The SMILES string of the molecule is Nc1ncc(COc2ccc(F)c(Cl)c2)s1. The fraction of sp³-hybridized carbons (Fsp3) is 0.100. The molecular weight excluding hydrogens is 251 g/mol. The molecule has 6 heteroatoms. The van der Waals surface area contributed by atoms with Crippen LogP contribution in [-0.2, 0) is 6.61 Å². The predicted octanol–water partition coefficient (Wildman–Crippen LogP) is 3.10. The van der Waals surface area contributed by atoms with Crippen molar-refractivity contribution in [2.24, 2.45) is 0 Å². The van der Waals surface area contributed by atoms with Gasteiger partial charge in [-0.15, -0.1) is 0 Å². The van der Waals surface area contributed by atoms with Gasteiger partial charge in [-0.25, -0.2) is 9.37 Å². The summed E-state index contributed by atoms with van der Waals surface area (Å²) in [7, 11) is 0. The zero-order valence-electron chi connectivity index (χ0n) is 8.11. The molecule has 2 N–H and O–H groups in total. The van der Waals surface area contributed by atoms with Crippen LogP contribution < -0.4 is 10.5 Å². The van der Waals surface area contributed by atoms with Crippen LogP contribution >= 0.6 is 22.9 Å². The first-order chi connectivity index (χ1) is 7.65. The number of benzene rings is 1. The molecule has 0 amide bonds. The number of hydrogen-bond donors (Lipinski definition) is 1. The number of halogens is 2. The van der Waals surface area contributed by atoms with Gasteiger partial charge in [-0.2, -0.15) is 0 Å². The average Bonchev–Trinajstić information content (AvgIpc) is 2.66. The molecule has 3 nitrogen and oxygen atoms in total. The molecular formula is C10H8ClFN2OS. The molecule has 0 spiro atoms. The van der Waals surface area contributed by atoms with Gasteiger partial charge in [-0.1, -0.05) is 22.9 Å². The maximum atomic E-state index is 12.9. The summed E-state index contributed by atoms with van der Waals surface area (Å²) in [5, 5.41) is 0.539. The van der Waals surface area contributed by atoms with E-state index in [-0.39, 0.29) is 5.02 Å². The maximum Gasteiger partial charge on any atom is 0.180 e. The van der Waals surface area contributed by atoms with Gasteiger partial charge >= 0.3 is 0 Å². The van der Waals surface area contributed by atoms with E-state index in [9.17, 15) is 4.39 Å². The molecule has 0 aliphatic rings. The van der Waals surface area contributed by atoms with E-state index in [1.807, 2.05) is 0 Å². The van der Waals surface area contributed by atoms with Crippen LogP contribution in [0.5, 0.6) is 5.75 Å². The summed E-state index contributed by atoms with van der Waals surface area (Å²) in [6.07, 6.45) is 1.64. The van der Waals surface area contributed by atoms with E-state index in [0.29, 0.717) is 17.5 Å². The highest BCUT2D eigenvalue weighted by atomic mass is 35.5. The largest absolute Gasteiger partial charge is 0.488 e. The van der Waals surface area contributed by atoms with Crippen molar-refractivity contribution < 1.29 is 9.13 Å². The second kappa shape index (κ2) is 4.67. The first-order valence-electron chi connectivity index (χ1n) is 4.43. The summed E-state index contributed by atoms with van der Waals surface area (Å²) in [6.45, 7) is 0.344. The number of nitrogen functional groups attached to an aromatic ring is 1. The van der Waals surface area contributed by atoms with Gasteiger partial charge in [0.25, 0.3) is 0 Å². The Morgan fingerprint density at radius 1 is 1.50 bits per heavy atom. The molecule has 0 aliphatic heterocycles. The van der Waals surface area contributed by atoms with Crippen molar-refractivity contribution in [1.29, 1.82) is 0 Å². The van der Waals surface area contributed by atoms with Crippen LogP contribution in [0.15, 0.2) is 24.4 Å².